The number of halogens is 2. The Kier molecular flexibility index (Phi) is 37.8. The first-order chi connectivity index (χ1) is 8.67. The third-order valence-electron chi connectivity index (χ3n) is 1.38. The van der Waals surface area contributed by atoms with Gasteiger partial charge in [-0.25, -0.2) is 0 Å². The molecular formula is C10H20Cl2N2O6Pt. The van der Waals surface area contributed by atoms with Gasteiger partial charge in [0.2, 0.25) is 0 Å². The molecule has 0 fully saturated rings. The quantitative estimate of drug-likeness (QED) is 0.529. The van der Waals surface area contributed by atoms with Crippen LogP contribution in [-0.4, -0.2) is 33.7 Å². The maximum Gasteiger partial charge on any atom is -0.693 e. The third kappa shape index (κ3) is 66.3. The summed E-state index contributed by atoms with van der Waals surface area (Å²) in [5, 5.41) is 16.0. The zero-order chi connectivity index (χ0) is 15.8. The van der Waals surface area contributed by atoms with Crippen LogP contribution in [0.4, 0.5) is 0 Å². The van der Waals surface area contributed by atoms with Crippen LogP contribution in [0.1, 0.15) is 39.5 Å². The Balaban J connectivity index is -0.0000000634. The molecule has 0 saturated heterocycles. The molecular weight excluding hydrogens is 510 g/mol. The minimum Gasteiger partial charge on any atom is -0.693 e. The number of carbonyl (C=O) groups excluding carboxylic acids is 2. The zero-order valence-electron chi connectivity index (χ0n) is 11.6. The molecule has 0 radical (unpaired) electrons. The van der Waals surface area contributed by atoms with E-state index in [-0.39, 0.29) is 49.6 Å². The number of carbonyl (C=O) groups is 4. The Bertz CT molecular complexity index is 249. The molecule has 0 aromatic heterocycles. The second kappa shape index (κ2) is 24.5. The molecule has 0 amide bonds. The van der Waals surface area contributed by atoms with Crippen molar-refractivity contribution in [2.24, 2.45) is 0 Å². The minimum atomic E-state index is -0.916. The van der Waals surface area contributed by atoms with Gasteiger partial charge in [-0.15, -0.1) is 0 Å². The Morgan fingerprint density at radius 2 is 0.952 bits per heavy atom. The monoisotopic (exact) mass is 529 g/mol. The van der Waals surface area contributed by atoms with Crippen molar-refractivity contribution in [2.45, 2.75) is 39.5 Å². The van der Waals surface area contributed by atoms with E-state index in [0.29, 0.717) is 0 Å². The van der Waals surface area contributed by atoms with Gasteiger partial charge in [0.1, 0.15) is 11.6 Å². The number of nitrogens with two attached hydrogens (primary N) is 2. The SMILES string of the molecule is CC(=O)CCC(=O)O.CC(=O)CCC(=O)O.[Cl][Pt+2][Cl].[NH2-].[NH2-]. The average molecular weight is 530 g/mol. The predicted molar refractivity (Wildman–Crippen MR) is 77.4 cm³/mol. The summed E-state index contributed by atoms with van der Waals surface area (Å²) in [4.78, 5) is 39.7. The Labute approximate surface area is 140 Å². The number of ketones is 2. The van der Waals surface area contributed by atoms with E-state index in [1.807, 2.05) is 0 Å². The van der Waals surface area contributed by atoms with Crippen molar-refractivity contribution < 1.29 is 45.9 Å². The van der Waals surface area contributed by atoms with Crippen molar-refractivity contribution in [1.29, 1.82) is 0 Å². The molecule has 130 valence electrons. The number of carboxylic acids is 2. The van der Waals surface area contributed by atoms with Gasteiger partial charge in [0, 0.05) is 12.8 Å². The molecule has 0 bridgehead atoms. The summed E-state index contributed by atoms with van der Waals surface area (Å²) in [6.45, 7) is 2.76. The van der Waals surface area contributed by atoms with Gasteiger partial charge >= 0.3 is 47.3 Å². The molecule has 0 aliphatic heterocycles. The van der Waals surface area contributed by atoms with Crippen molar-refractivity contribution in [3.8, 4) is 0 Å². The van der Waals surface area contributed by atoms with Crippen LogP contribution in [-0.2, 0) is 35.7 Å². The molecule has 0 aliphatic rings. The van der Waals surface area contributed by atoms with E-state index in [4.69, 9.17) is 29.0 Å². The van der Waals surface area contributed by atoms with Crippen LogP contribution in [0.15, 0.2) is 0 Å². The van der Waals surface area contributed by atoms with Gasteiger partial charge < -0.3 is 32.1 Å². The van der Waals surface area contributed by atoms with E-state index >= 15 is 0 Å². The van der Waals surface area contributed by atoms with E-state index in [1.165, 1.54) is 13.8 Å². The van der Waals surface area contributed by atoms with E-state index in [2.05, 4.69) is 0 Å². The largest absolute Gasteiger partial charge is 0.693 e. The topological polar surface area (TPSA) is 176 Å². The molecule has 0 aromatic carbocycles. The minimum absolute atomic E-state index is 0. The molecule has 0 aromatic rings. The fraction of sp³-hybridized carbons (Fsp3) is 0.600. The van der Waals surface area contributed by atoms with E-state index < -0.39 is 28.4 Å². The second-order valence-corrected chi connectivity index (χ2v) is 6.52. The fourth-order valence-corrected chi connectivity index (χ4v) is 0.566. The van der Waals surface area contributed by atoms with Crippen molar-refractivity contribution >= 4 is 42.3 Å². The maximum absolute atomic E-state index is 10.1. The fourth-order valence-electron chi connectivity index (χ4n) is 0.566. The van der Waals surface area contributed by atoms with Crippen molar-refractivity contribution in [1.82, 2.24) is 0 Å². The van der Waals surface area contributed by atoms with Crippen LogP contribution in [0.2, 0.25) is 0 Å². The van der Waals surface area contributed by atoms with E-state index in [9.17, 15) is 19.2 Å². The maximum atomic E-state index is 10.1. The normalized spacial score (nSPS) is 7.62. The van der Waals surface area contributed by atoms with Crippen LogP contribution in [0.3, 0.4) is 0 Å². The molecule has 0 heterocycles. The van der Waals surface area contributed by atoms with Crippen molar-refractivity contribution in [3.05, 3.63) is 12.3 Å². The molecule has 0 unspecified atom stereocenters. The van der Waals surface area contributed by atoms with Gasteiger partial charge in [-0.3, -0.25) is 9.59 Å². The van der Waals surface area contributed by atoms with Gasteiger partial charge in [-0.2, -0.15) is 0 Å². The van der Waals surface area contributed by atoms with Gasteiger partial charge in [-0.1, -0.05) is 0 Å². The molecule has 0 spiro atoms. The third-order valence-corrected chi connectivity index (χ3v) is 1.38. The molecule has 0 rings (SSSR count). The van der Waals surface area contributed by atoms with Gasteiger partial charge in [0.25, 0.3) is 0 Å². The number of rotatable bonds is 6. The molecule has 6 N–H and O–H groups in total. The summed E-state index contributed by atoms with van der Waals surface area (Å²) >= 11 is -0.472. The molecule has 0 atom stereocenters. The Morgan fingerprint density at radius 1 is 0.762 bits per heavy atom. The standard InChI is InChI=1S/2C5H8O3.2ClH.2H2N.Pt/c2*1-4(6)2-3-5(7)8;;;;;/h2*2-3H2,1H3,(H,7,8);2*1H;2*1H2;/q;;;;2*-1;+4/p-2. The predicted octanol–water partition coefficient (Wildman–Crippen LogP) is 3.69. The van der Waals surface area contributed by atoms with Crippen LogP contribution < -0.4 is 0 Å². The summed E-state index contributed by atoms with van der Waals surface area (Å²) in [5.74, 6) is -1.99. The van der Waals surface area contributed by atoms with Gasteiger partial charge in [-0.05, 0) is 13.8 Å². The molecule has 21 heavy (non-hydrogen) atoms. The summed E-state index contributed by atoms with van der Waals surface area (Å²) in [5.41, 5.74) is 0. The summed E-state index contributed by atoms with van der Waals surface area (Å²) in [6.07, 6.45) is 0.204. The first kappa shape index (κ1) is 32.4. The number of aliphatic carboxylic acids is 2. The number of hydrogen-bond donors (Lipinski definition) is 2. The van der Waals surface area contributed by atoms with Crippen LogP contribution >= 0.6 is 18.8 Å². The average Bonchev–Trinajstić information content (AvgIpc) is 2.25. The smallest absolute Gasteiger partial charge is 0.693 e. The number of hydrogen-bond acceptors (Lipinski definition) is 4. The number of Topliss-reactive ketones (excluding diaryl/α,β-unsaturated/α-hetero) is 2. The second-order valence-electron chi connectivity index (χ2n) is 3.24. The van der Waals surface area contributed by atoms with Crippen LogP contribution in [0.5, 0.6) is 0 Å². The Hall–Kier alpha value is -0.532. The van der Waals surface area contributed by atoms with Crippen LogP contribution in [0, 0.1) is 0 Å². The zero-order valence-corrected chi connectivity index (χ0v) is 15.4. The summed E-state index contributed by atoms with van der Waals surface area (Å²) < 4.78 is 0. The van der Waals surface area contributed by atoms with Gasteiger partial charge in [0.15, 0.2) is 0 Å². The molecule has 11 heteroatoms. The Morgan fingerprint density at radius 3 is 1.00 bits per heavy atom. The van der Waals surface area contributed by atoms with Crippen molar-refractivity contribution in [3.63, 3.8) is 0 Å². The first-order valence-corrected chi connectivity index (χ1v) is 10.5. The van der Waals surface area contributed by atoms with Crippen molar-refractivity contribution in [2.75, 3.05) is 0 Å². The summed E-state index contributed by atoms with van der Waals surface area (Å²) in [6, 6.07) is 0. The van der Waals surface area contributed by atoms with E-state index in [0.717, 1.165) is 0 Å². The number of carboxylic acid groups (broad SMARTS) is 2. The van der Waals surface area contributed by atoms with Gasteiger partial charge in [0.05, 0.1) is 12.8 Å². The molecule has 0 saturated carbocycles. The van der Waals surface area contributed by atoms with Crippen LogP contribution in [0.25, 0.3) is 12.3 Å². The summed E-state index contributed by atoms with van der Waals surface area (Å²) in [7, 11) is 9.75. The molecule has 0 aliphatic carbocycles. The molecule has 8 nitrogen and oxygen atoms in total. The first-order valence-electron chi connectivity index (χ1n) is 4.92. The van der Waals surface area contributed by atoms with E-state index in [1.54, 1.807) is 0 Å².